The average Bonchev–Trinajstić information content (AvgIpc) is 2.86. The standard InChI is InChI=1S/C22H38O15/c1-3-8-14(26)18(19(30)31)37-21(15(8)27)34-6-10-9(13(25)11(4-23)36-20(10)32)5-33-22-17(29)16(28)12(24)7(2)35-22/h7-18,20-29,32H,3-6H2,1-2H3,(H,30,31)/t7?,8?,9?,10?,11?,12-,13+,14+,15?,16?,17?,18?,20?,21-,22-/m1/s1. The molecule has 3 saturated heterocycles. The molecule has 3 aliphatic heterocycles. The molecule has 3 fully saturated rings. The zero-order valence-corrected chi connectivity index (χ0v) is 20.5. The van der Waals surface area contributed by atoms with Crippen LogP contribution >= 0.6 is 0 Å². The van der Waals surface area contributed by atoms with Crippen LogP contribution < -0.4 is 0 Å². The Hall–Kier alpha value is -1.05. The minimum absolute atomic E-state index is 0.223. The first-order valence-corrected chi connectivity index (χ1v) is 12.2. The van der Waals surface area contributed by atoms with Gasteiger partial charge in [0.25, 0.3) is 0 Å². The Morgan fingerprint density at radius 3 is 1.89 bits per heavy atom. The average molecular weight is 543 g/mol. The number of aliphatic hydroxyl groups is 8. The third-order valence-electron chi connectivity index (χ3n) is 7.41. The quantitative estimate of drug-likeness (QED) is 0.134. The fourth-order valence-electron chi connectivity index (χ4n) is 5.00. The normalized spacial score (nSPS) is 49.1. The van der Waals surface area contributed by atoms with E-state index in [9.17, 15) is 50.8 Å². The Morgan fingerprint density at radius 1 is 0.730 bits per heavy atom. The second kappa shape index (κ2) is 12.9. The zero-order valence-electron chi connectivity index (χ0n) is 20.5. The van der Waals surface area contributed by atoms with Crippen molar-refractivity contribution < 1.29 is 74.4 Å². The highest BCUT2D eigenvalue weighted by atomic mass is 16.7. The minimum Gasteiger partial charge on any atom is -0.479 e. The number of aliphatic hydroxyl groups excluding tert-OH is 8. The van der Waals surface area contributed by atoms with Gasteiger partial charge in [-0.25, -0.2) is 4.79 Å². The third-order valence-corrected chi connectivity index (χ3v) is 7.41. The largest absolute Gasteiger partial charge is 0.479 e. The summed E-state index contributed by atoms with van der Waals surface area (Å²) >= 11 is 0. The maximum absolute atomic E-state index is 11.5. The molecule has 0 aromatic rings. The van der Waals surface area contributed by atoms with Crippen LogP contribution in [0.1, 0.15) is 20.3 Å². The van der Waals surface area contributed by atoms with Gasteiger partial charge in [0, 0.05) is 17.8 Å². The molecule has 216 valence electrons. The number of ether oxygens (including phenoxy) is 5. The maximum atomic E-state index is 11.5. The molecule has 15 atom stereocenters. The van der Waals surface area contributed by atoms with Gasteiger partial charge in [-0.15, -0.1) is 0 Å². The van der Waals surface area contributed by atoms with Crippen LogP contribution in [0.3, 0.4) is 0 Å². The van der Waals surface area contributed by atoms with Crippen LogP contribution in [0.25, 0.3) is 0 Å². The second-order valence-electron chi connectivity index (χ2n) is 9.73. The van der Waals surface area contributed by atoms with Gasteiger partial charge in [0.1, 0.15) is 30.5 Å². The van der Waals surface area contributed by atoms with Gasteiger partial charge in [0.05, 0.1) is 38.1 Å². The summed E-state index contributed by atoms with van der Waals surface area (Å²) in [5, 5.41) is 91.1. The molecule has 10 unspecified atom stereocenters. The fourth-order valence-corrected chi connectivity index (χ4v) is 5.00. The molecule has 0 radical (unpaired) electrons. The first-order valence-electron chi connectivity index (χ1n) is 12.2. The highest BCUT2D eigenvalue weighted by Gasteiger charge is 2.50. The fraction of sp³-hybridized carbons (Fsp3) is 0.955. The topological polar surface area (TPSA) is 245 Å². The lowest BCUT2D eigenvalue weighted by Crippen LogP contribution is -2.60. The molecule has 15 nitrogen and oxygen atoms in total. The maximum Gasteiger partial charge on any atom is 0.335 e. The third kappa shape index (κ3) is 6.41. The lowest BCUT2D eigenvalue weighted by atomic mass is 9.82. The van der Waals surface area contributed by atoms with Gasteiger partial charge in [-0.2, -0.15) is 0 Å². The van der Waals surface area contributed by atoms with E-state index < -0.39 is 111 Å². The molecular weight excluding hydrogens is 504 g/mol. The number of carboxylic acids is 1. The molecule has 3 aliphatic rings. The summed E-state index contributed by atoms with van der Waals surface area (Å²) in [6, 6.07) is 0. The number of aliphatic carboxylic acids is 1. The van der Waals surface area contributed by atoms with Crippen LogP contribution in [0.15, 0.2) is 0 Å². The van der Waals surface area contributed by atoms with E-state index in [0.717, 1.165) is 0 Å². The molecule has 0 bridgehead atoms. The summed E-state index contributed by atoms with van der Waals surface area (Å²) in [4.78, 5) is 11.5. The molecule has 9 N–H and O–H groups in total. The lowest BCUT2D eigenvalue weighted by molar-refractivity contribution is -0.321. The van der Waals surface area contributed by atoms with Crippen LogP contribution in [0, 0.1) is 17.8 Å². The van der Waals surface area contributed by atoms with E-state index in [0.29, 0.717) is 0 Å². The van der Waals surface area contributed by atoms with Crippen LogP contribution in [0.2, 0.25) is 0 Å². The molecular formula is C22H38O15. The van der Waals surface area contributed by atoms with E-state index in [-0.39, 0.29) is 13.0 Å². The summed E-state index contributed by atoms with van der Waals surface area (Å²) in [5.74, 6) is -4.38. The Balaban J connectivity index is 1.72. The molecule has 0 aromatic heterocycles. The first kappa shape index (κ1) is 30.5. The summed E-state index contributed by atoms with van der Waals surface area (Å²) < 4.78 is 27.1. The van der Waals surface area contributed by atoms with Crippen LogP contribution in [0.5, 0.6) is 0 Å². The second-order valence-corrected chi connectivity index (χ2v) is 9.73. The molecule has 0 saturated carbocycles. The molecule has 37 heavy (non-hydrogen) atoms. The van der Waals surface area contributed by atoms with Crippen molar-refractivity contribution in [1.29, 1.82) is 0 Å². The van der Waals surface area contributed by atoms with Gasteiger partial charge in [0.15, 0.2) is 25.0 Å². The molecule has 3 rings (SSSR count). The van der Waals surface area contributed by atoms with Gasteiger partial charge < -0.3 is 69.6 Å². The van der Waals surface area contributed by atoms with Gasteiger partial charge in [-0.1, -0.05) is 6.92 Å². The van der Waals surface area contributed by atoms with Gasteiger partial charge in [0.2, 0.25) is 0 Å². The molecule has 0 amide bonds. The van der Waals surface area contributed by atoms with Crippen LogP contribution in [-0.4, -0.2) is 146 Å². The van der Waals surface area contributed by atoms with E-state index in [1.807, 2.05) is 0 Å². The SMILES string of the molecule is CCC1C(O)[C@H](OCC2C(O)OC(CO)[C@@H](O)C2CO[C@@H]2OC(C)[C@@H](O)C(O)C2O)OC(C(=O)O)[C@H]1O. The number of rotatable bonds is 9. The molecule has 15 heteroatoms. The predicted octanol–water partition coefficient (Wildman–Crippen LogP) is -4.29. The van der Waals surface area contributed by atoms with Gasteiger partial charge in [-0.3, -0.25) is 0 Å². The van der Waals surface area contributed by atoms with Crippen LogP contribution in [0.4, 0.5) is 0 Å². The van der Waals surface area contributed by atoms with Gasteiger partial charge >= 0.3 is 5.97 Å². The van der Waals surface area contributed by atoms with E-state index in [4.69, 9.17) is 23.7 Å². The Labute approximate surface area is 212 Å². The number of hydrogen-bond acceptors (Lipinski definition) is 14. The Kier molecular flexibility index (Phi) is 10.6. The summed E-state index contributed by atoms with van der Waals surface area (Å²) in [7, 11) is 0. The van der Waals surface area contributed by atoms with Gasteiger partial charge in [-0.05, 0) is 13.3 Å². The van der Waals surface area contributed by atoms with Crippen molar-refractivity contribution in [3.63, 3.8) is 0 Å². The van der Waals surface area contributed by atoms with E-state index in [1.54, 1.807) is 6.92 Å². The minimum atomic E-state index is -1.66. The smallest absolute Gasteiger partial charge is 0.335 e. The monoisotopic (exact) mass is 542 g/mol. The zero-order chi connectivity index (χ0) is 27.6. The molecule has 0 spiro atoms. The van der Waals surface area contributed by atoms with Crippen molar-refractivity contribution in [2.45, 2.75) is 94.1 Å². The van der Waals surface area contributed by atoms with Crippen molar-refractivity contribution in [2.24, 2.45) is 17.8 Å². The Bertz CT molecular complexity index is 741. The predicted molar refractivity (Wildman–Crippen MR) is 117 cm³/mol. The van der Waals surface area contributed by atoms with Crippen molar-refractivity contribution in [3.05, 3.63) is 0 Å². The molecule has 0 aromatic carbocycles. The van der Waals surface area contributed by atoms with Crippen molar-refractivity contribution >= 4 is 5.97 Å². The number of carbonyl (C=O) groups is 1. The van der Waals surface area contributed by atoms with Crippen molar-refractivity contribution in [3.8, 4) is 0 Å². The number of carboxylic acid groups (broad SMARTS) is 1. The van der Waals surface area contributed by atoms with E-state index in [1.165, 1.54) is 6.92 Å². The summed E-state index contributed by atoms with van der Waals surface area (Å²) in [6.07, 6.45) is -16.8. The first-order chi connectivity index (χ1) is 17.4. The number of hydrogen-bond donors (Lipinski definition) is 9. The Morgan fingerprint density at radius 2 is 1.32 bits per heavy atom. The van der Waals surface area contributed by atoms with Crippen molar-refractivity contribution in [1.82, 2.24) is 0 Å². The van der Waals surface area contributed by atoms with Crippen molar-refractivity contribution in [2.75, 3.05) is 19.8 Å². The van der Waals surface area contributed by atoms with Crippen LogP contribution in [-0.2, 0) is 28.5 Å². The molecule has 0 aliphatic carbocycles. The molecule has 3 heterocycles. The lowest BCUT2D eigenvalue weighted by Gasteiger charge is -2.45. The highest BCUT2D eigenvalue weighted by Crippen LogP contribution is 2.35. The summed E-state index contributed by atoms with van der Waals surface area (Å²) in [6.45, 7) is 1.65. The highest BCUT2D eigenvalue weighted by molar-refractivity contribution is 5.73. The van der Waals surface area contributed by atoms with E-state index in [2.05, 4.69) is 0 Å². The van der Waals surface area contributed by atoms with E-state index >= 15 is 0 Å². The summed E-state index contributed by atoms with van der Waals surface area (Å²) in [5.41, 5.74) is 0.